The molecule has 37 heavy (non-hydrogen) atoms. The molecule has 10 heteroatoms. The molecule has 0 spiro atoms. The van der Waals surface area contributed by atoms with Crippen LogP contribution in [0.1, 0.15) is 43.4 Å². The van der Waals surface area contributed by atoms with Crippen LogP contribution in [0.15, 0.2) is 54.6 Å². The topological polar surface area (TPSA) is 149 Å². The number of rotatable bonds is 14. The van der Waals surface area contributed by atoms with Crippen LogP contribution in [0.5, 0.6) is 0 Å². The van der Waals surface area contributed by atoms with Crippen molar-refractivity contribution in [3.05, 3.63) is 71.3 Å². The van der Waals surface area contributed by atoms with E-state index in [9.17, 15) is 19.2 Å². The van der Waals surface area contributed by atoms with Crippen LogP contribution in [0, 0.1) is 5.92 Å². The molecule has 0 aliphatic rings. The molecule has 1 atom stereocenters. The first-order valence-electron chi connectivity index (χ1n) is 12.2. The van der Waals surface area contributed by atoms with E-state index in [4.69, 9.17) is 15.2 Å². The summed E-state index contributed by atoms with van der Waals surface area (Å²) in [5.41, 5.74) is 7.69. The second-order valence-corrected chi connectivity index (χ2v) is 9.00. The van der Waals surface area contributed by atoms with E-state index in [2.05, 4.69) is 16.0 Å². The Bertz CT molecular complexity index is 1010. The summed E-state index contributed by atoms with van der Waals surface area (Å²) in [7, 11) is 0. The zero-order valence-electron chi connectivity index (χ0n) is 21.3. The van der Waals surface area contributed by atoms with Crippen LogP contribution < -0.4 is 21.7 Å². The van der Waals surface area contributed by atoms with E-state index in [0.717, 1.165) is 16.7 Å². The largest absolute Gasteiger partial charge is 0.449 e. The zero-order valence-corrected chi connectivity index (χ0v) is 21.3. The van der Waals surface area contributed by atoms with Gasteiger partial charge in [0.05, 0.1) is 13.0 Å². The molecule has 0 saturated heterocycles. The van der Waals surface area contributed by atoms with Gasteiger partial charge in [0.25, 0.3) is 0 Å². The number of carbonyl (C=O) groups is 4. The normalized spacial score (nSPS) is 11.3. The van der Waals surface area contributed by atoms with E-state index in [-0.39, 0.29) is 51.0 Å². The fourth-order valence-electron chi connectivity index (χ4n) is 3.25. The molecule has 0 saturated carbocycles. The highest BCUT2D eigenvalue weighted by molar-refractivity contribution is 5.85. The summed E-state index contributed by atoms with van der Waals surface area (Å²) >= 11 is 0. The predicted molar refractivity (Wildman–Crippen MR) is 138 cm³/mol. The molecule has 5 N–H and O–H groups in total. The minimum absolute atomic E-state index is 0.144. The molecule has 0 bridgehead atoms. The highest BCUT2D eigenvalue weighted by Gasteiger charge is 2.21. The average molecular weight is 513 g/mol. The van der Waals surface area contributed by atoms with Gasteiger partial charge < -0.3 is 31.2 Å². The summed E-state index contributed by atoms with van der Waals surface area (Å²) in [5, 5.41) is 8.06. The van der Waals surface area contributed by atoms with E-state index >= 15 is 0 Å². The maximum atomic E-state index is 12.8. The number of alkyl carbamates (subject to hydrolysis) is 2. The number of nitrogens with one attached hydrogen (secondary N) is 3. The van der Waals surface area contributed by atoms with Crippen LogP contribution in [-0.4, -0.2) is 43.2 Å². The molecule has 0 fully saturated rings. The Hall–Kier alpha value is -4.08. The summed E-state index contributed by atoms with van der Waals surface area (Å²) in [4.78, 5) is 48.0. The van der Waals surface area contributed by atoms with Gasteiger partial charge in [-0.05, 0) is 35.4 Å². The van der Waals surface area contributed by atoms with Gasteiger partial charge in [0, 0.05) is 13.1 Å². The second-order valence-electron chi connectivity index (χ2n) is 9.00. The summed E-state index contributed by atoms with van der Waals surface area (Å²) in [6, 6.07) is 15.6. The van der Waals surface area contributed by atoms with Gasteiger partial charge >= 0.3 is 12.2 Å². The molecule has 0 aromatic heterocycles. The van der Waals surface area contributed by atoms with Gasteiger partial charge in [0.2, 0.25) is 11.8 Å². The van der Waals surface area contributed by atoms with Crippen LogP contribution in [0.2, 0.25) is 0 Å². The molecule has 0 radical (unpaired) electrons. The zero-order chi connectivity index (χ0) is 27.0. The lowest BCUT2D eigenvalue weighted by Gasteiger charge is -2.19. The number of hydrogen-bond donors (Lipinski definition) is 4. The van der Waals surface area contributed by atoms with Crippen LogP contribution in [-0.2, 0) is 38.6 Å². The lowest BCUT2D eigenvalue weighted by molar-refractivity contribution is -0.123. The molecule has 0 aliphatic carbocycles. The van der Waals surface area contributed by atoms with E-state index in [1.807, 2.05) is 44.2 Å². The molecule has 2 rings (SSSR count). The van der Waals surface area contributed by atoms with Crippen molar-refractivity contribution in [3.63, 3.8) is 0 Å². The molecule has 200 valence electrons. The van der Waals surface area contributed by atoms with Crippen molar-refractivity contribution in [1.29, 1.82) is 0 Å². The number of nitrogens with two attached hydrogens (primary N) is 1. The van der Waals surface area contributed by atoms with Crippen molar-refractivity contribution < 1.29 is 28.7 Å². The molecule has 2 aromatic carbocycles. The van der Waals surface area contributed by atoms with Crippen molar-refractivity contribution >= 4 is 24.0 Å². The summed E-state index contributed by atoms with van der Waals surface area (Å²) < 4.78 is 10.3. The fourth-order valence-corrected chi connectivity index (χ4v) is 3.25. The van der Waals surface area contributed by atoms with Gasteiger partial charge in [-0.2, -0.15) is 0 Å². The molecule has 4 amide bonds. The smallest absolute Gasteiger partial charge is 0.407 e. The van der Waals surface area contributed by atoms with Crippen molar-refractivity contribution in [3.8, 4) is 0 Å². The molecule has 0 unspecified atom stereocenters. The van der Waals surface area contributed by atoms with Crippen molar-refractivity contribution in [1.82, 2.24) is 16.0 Å². The SMILES string of the molecule is CC(C)COC(=O)N[C@H](CCCNC(=O)OCc1ccccc1)C(=O)NCc1ccc(CC(N)=O)cc1. The van der Waals surface area contributed by atoms with Gasteiger partial charge in [-0.1, -0.05) is 68.4 Å². The third-order valence-electron chi connectivity index (χ3n) is 5.18. The maximum Gasteiger partial charge on any atom is 0.407 e. The molecule has 10 nitrogen and oxygen atoms in total. The van der Waals surface area contributed by atoms with Crippen LogP contribution in [0.25, 0.3) is 0 Å². The molecular weight excluding hydrogens is 476 g/mol. The number of hydrogen-bond acceptors (Lipinski definition) is 6. The van der Waals surface area contributed by atoms with E-state index < -0.39 is 24.1 Å². The number of ether oxygens (including phenoxy) is 2. The Kier molecular flexibility index (Phi) is 12.5. The van der Waals surface area contributed by atoms with Gasteiger partial charge in [-0.3, -0.25) is 9.59 Å². The van der Waals surface area contributed by atoms with E-state index in [1.165, 1.54) is 0 Å². The highest BCUT2D eigenvalue weighted by Crippen LogP contribution is 2.06. The Morgan fingerprint density at radius 1 is 0.838 bits per heavy atom. The monoisotopic (exact) mass is 512 g/mol. The van der Waals surface area contributed by atoms with Crippen LogP contribution >= 0.6 is 0 Å². The first kappa shape index (κ1) is 29.2. The fraction of sp³-hybridized carbons (Fsp3) is 0.407. The lowest BCUT2D eigenvalue weighted by atomic mass is 10.1. The van der Waals surface area contributed by atoms with Gasteiger partial charge in [0.15, 0.2) is 0 Å². The van der Waals surface area contributed by atoms with Gasteiger partial charge in [-0.25, -0.2) is 9.59 Å². The quantitative estimate of drug-likeness (QED) is 0.286. The Labute approximate surface area is 217 Å². The third kappa shape index (κ3) is 12.4. The number of carbonyl (C=O) groups excluding carboxylic acids is 4. The van der Waals surface area contributed by atoms with Crippen molar-refractivity contribution in [2.45, 2.75) is 52.3 Å². The van der Waals surface area contributed by atoms with Gasteiger partial charge in [0.1, 0.15) is 12.6 Å². The van der Waals surface area contributed by atoms with Crippen LogP contribution in [0.4, 0.5) is 9.59 Å². The molecule has 0 heterocycles. The van der Waals surface area contributed by atoms with Crippen molar-refractivity contribution in [2.24, 2.45) is 11.7 Å². The summed E-state index contributed by atoms with van der Waals surface area (Å²) in [6.07, 6.45) is -0.400. The van der Waals surface area contributed by atoms with Crippen LogP contribution in [0.3, 0.4) is 0 Å². The summed E-state index contributed by atoms with van der Waals surface area (Å²) in [6.45, 7) is 4.71. The second kappa shape index (κ2) is 15.8. The van der Waals surface area contributed by atoms with E-state index in [1.54, 1.807) is 24.3 Å². The maximum absolute atomic E-state index is 12.8. The Morgan fingerprint density at radius 2 is 1.51 bits per heavy atom. The molecular formula is C27H36N4O6. The minimum atomic E-state index is -0.851. The minimum Gasteiger partial charge on any atom is -0.449 e. The average Bonchev–Trinajstić information content (AvgIpc) is 2.87. The third-order valence-corrected chi connectivity index (χ3v) is 5.18. The molecule has 0 aliphatic heterocycles. The highest BCUT2D eigenvalue weighted by atomic mass is 16.6. The Balaban J connectivity index is 1.83. The predicted octanol–water partition coefficient (Wildman–Crippen LogP) is 2.79. The van der Waals surface area contributed by atoms with Gasteiger partial charge in [-0.15, -0.1) is 0 Å². The van der Waals surface area contributed by atoms with Crippen molar-refractivity contribution in [2.75, 3.05) is 13.2 Å². The first-order valence-corrected chi connectivity index (χ1v) is 12.2. The molecule has 2 aromatic rings. The standard InChI is InChI=1S/C27H36N4O6/c1-19(2)17-36-27(35)31-23(9-6-14-29-26(34)37-18-22-7-4-3-5-8-22)25(33)30-16-21-12-10-20(11-13-21)15-24(28)32/h3-5,7-8,10-13,19,23H,6,9,14-18H2,1-2H3,(H2,28,32)(H,29,34)(H,30,33)(H,31,35)/t23-/m1/s1. The Morgan fingerprint density at radius 3 is 2.16 bits per heavy atom. The summed E-state index contributed by atoms with van der Waals surface area (Å²) in [5.74, 6) is -0.644. The number of amides is 4. The van der Waals surface area contributed by atoms with E-state index in [0.29, 0.717) is 6.42 Å². The lowest BCUT2D eigenvalue weighted by Crippen LogP contribution is -2.47. The first-order chi connectivity index (χ1) is 17.7. The number of primary amides is 1. The number of benzene rings is 2.